The van der Waals surface area contributed by atoms with E-state index in [0.717, 1.165) is 32.4 Å². The van der Waals surface area contributed by atoms with Gasteiger partial charge in [0.1, 0.15) is 0 Å². The quantitative estimate of drug-likeness (QED) is 0.786. The Morgan fingerprint density at radius 3 is 2.54 bits per heavy atom. The lowest BCUT2D eigenvalue weighted by Crippen LogP contribution is -2.45. The summed E-state index contributed by atoms with van der Waals surface area (Å²) in [4.78, 5) is 2.54. The molecule has 0 bridgehead atoms. The zero-order valence-electron chi connectivity index (χ0n) is 16.2. The molecule has 2 rings (SSSR count). The SMILES string of the molecule is Cc1cccc(N2CCC(NC(C)CCCC(C)(C)O)CC2)c1C. The van der Waals surface area contributed by atoms with E-state index in [2.05, 4.69) is 49.2 Å². The lowest BCUT2D eigenvalue weighted by atomic mass is 9.98. The topological polar surface area (TPSA) is 35.5 Å². The van der Waals surface area contributed by atoms with Gasteiger partial charge in [-0.3, -0.25) is 0 Å². The largest absolute Gasteiger partial charge is 0.390 e. The number of hydrogen-bond acceptors (Lipinski definition) is 3. The number of hydrogen-bond donors (Lipinski definition) is 2. The average molecular weight is 333 g/mol. The van der Waals surface area contributed by atoms with Crippen molar-refractivity contribution in [3.63, 3.8) is 0 Å². The molecule has 1 atom stereocenters. The summed E-state index contributed by atoms with van der Waals surface area (Å²) in [5.74, 6) is 0. The second-order valence-corrected chi connectivity index (χ2v) is 8.25. The molecule has 24 heavy (non-hydrogen) atoms. The van der Waals surface area contributed by atoms with Crippen molar-refractivity contribution in [2.45, 2.75) is 84.4 Å². The summed E-state index contributed by atoms with van der Waals surface area (Å²) in [6.07, 6.45) is 5.52. The predicted octanol–water partition coefficient (Wildman–Crippen LogP) is 4.19. The van der Waals surface area contributed by atoms with E-state index < -0.39 is 5.60 Å². The van der Waals surface area contributed by atoms with E-state index in [9.17, 15) is 5.11 Å². The van der Waals surface area contributed by atoms with Crippen molar-refractivity contribution in [1.82, 2.24) is 5.32 Å². The maximum absolute atomic E-state index is 9.81. The molecule has 3 nitrogen and oxygen atoms in total. The summed E-state index contributed by atoms with van der Waals surface area (Å²) in [7, 11) is 0. The van der Waals surface area contributed by atoms with Crippen LogP contribution < -0.4 is 10.2 Å². The third-order valence-corrected chi connectivity index (χ3v) is 5.36. The van der Waals surface area contributed by atoms with Gasteiger partial charge in [-0.15, -0.1) is 0 Å². The smallest absolute Gasteiger partial charge is 0.0591 e. The second kappa shape index (κ2) is 8.35. The monoisotopic (exact) mass is 332 g/mol. The average Bonchev–Trinajstić information content (AvgIpc) is 2.50. The van der Waals surface area contributed by atoms with Gasteiger partial charge in [-0.2, -0.15) is 0 Å². The van der Waals surface area contributed by atoms with Crippen molar-refractivity contribution in [2.75, 3.05) is 18.0 Å². The Labute approximate surface area is 148 Å². The van der Waals surface area contributed by atoms with Crippen LogP contribution in [0.2, 0.25) is 0 Å². The lowest BCUT2D eigenvalue weighted by Gasteiger charge is -2.36. The normalized spacial score (nSPS) is 18.0. The van der Waals surface area contributed by atoms with E-state index in [4.69, 9.17) is 0 Å². The van der Waals surface area contributed by atoms with Crippen LogP contribution in [0.15, 0.2) is 18.2 Å². The van der Waals surface area contributed by atoms with Gasteiger partial charge in [-0.1, -0.05) is 12.1 Å². The van der Waals surface area contributed by atoms with Crippen molar-refractivity contribution in [3.8, 4) is 0 Å². The Kier molecular flexibility index (Phi) is 6.70. The first kappa shape index (κ1) is 19.3. The van der Waals surface area contributed by atoms with Crippen LogP contribution in [-0.2, 0) is 0 Å². The van der Waals surface area contributed by atoms with E-state index in [0.29, 0.717) is 12.1 Å². The third-order valence-electron chi connectivity index (χ3n) is 5.36. The molecule has 136 valence electrons. The molecule has 1 heterocycles. The van der Waals surface area contributed by atoms with Crippen molar-refractivity contribution in [3.05, 3.63) is 29.3 Å². The van der Waals surface area contributed by atoms with E-state index >= 15 is 0 Å². The minimum Gasteiger partial charge on any atom is -0.390 e. The summed E-state index contributed by atoms with van der Waals surface area (Å²) in [5.41, 5.74) is 3.68. The van der Waals surface area contributed by atoms with Crippen LogP contribution in [0.25, 0.3) is 0 Å². The second-order valence-electron chi connectivity index (χ2n) is 8.25. The van der Waals surface area contributed by atoms with Gasteiger partial charge in [0.15, 0.2) is 0 Å². The van der Waals surface area contributed by atoms with Gasteiger partial charge in [0, 0.05) is 30.9 Å². The molecule has 0 spiro atoms. The van der Waals surface area contributed by atoms with Crippen molar-refractivity contribution in [2.24, 2.45) is 0 Å². The van der Waals surface area contributed by atoms with Gasteiger partial charge in [-0.05, 0) is 83.9 Å². The highest BCUT2D eigenvalue weighted by molar-refractivity contribution is 5.56. The molecular formula is C21H36N2O. The van der Waals surface area contributed by atoms with Crippen LogP contribution in [0.5, 0.6) is 0 Å². The van der Waals surface area contributed by atoms with Crippen molar-refractivity contribution < 1.29 is 5.11 Å². The van der Waals surface area contributed by atoms with Crippen LogP contribution in [0.1, 0.15) is 64.0 Å². The number of benzene rings is 1. The minimum absolute atomic E-state index is 0.531. The predicted molar refractivity (Wildman–Crippen MR) is 104 cm³/mol. The zero-order valence-corrected chi connectivity index (χ0v) is 16.2. The number of rotatable bonds is 7. The number of anilines is 1. The first-order valence-electron chi connectivity index (χ1n) is 9.56. The standard InChI is InChI=1S/C21H36N2O/c1-16-8-6-10-20(18(16)3)23-14-11-19(12-15-23)22-17(2)9-7-13-21(4,5)24/h6,8,10,17,19,22,24H,7,9,11-15H2,1-5H3. The molecule has 0 saturated carbocycles. The maximum atomic E-state index is 9.81. The van der Waals surface area contributed by atoms with E-state index in [-0.39, 0.29) is 0 Å². The highest BCUT2D eigenvalue weighted by Crippen LogP contribution is 2.26. The lowest BCUT2D eigenvalue weighted by molar-refractivity contribution is 0.0673. The number of aliphatic hydroxyl groups is 1. The summed E-state index contributed by atoms with van der Waals surface area (Å²) < 4.78 is 0. The summed E-state index contributed by atoms with van der Waals surface area (Å²) in [6, 6.07) is 7.79. The molecule has 0 radical (unpaired) electrons. The third kappa shape index (κ3) is 5.78. The van der Waals surface area contributed by atoms with Gasteiger partial charge in [0.05, 0.1) is 5.60 Å². The molecule has 1 aromatic carbocycles. The van der Waals surface area contributed by atoms with Crippen LogP contribution in [0.4, 0.5) is 5.69 Å². The van der Waals surface area contributed by atoms with Crippen LogP contribution in [0, 0.1) is 13.8 Å². The molecule has 1 aromatic rings. The van der Waals surface area contributed by atoms with Gasteiger partial charge < -0.3 is 15.3 Å². The van der Waals surface area contributed by atoms with Gasteiger partial charge >= 0.3 is 0 Å². The Balaban J connectivity index is 1.75. The first-order chi connectivity index (χ1) is 11.3. The molecule has 1 saturated heterocycles. The fourth-order valence-electron chi connectivity index (χ4n) is 3.69. The number of nitrogens with one attached hydrogen (secondary N) is 1. The fourth-order valence-corrected chi connectivity index (χ4v) is 3.69. The molecule has 1 aliphatic heterocycles. The first-order valence-corrected chi connectivity index (χ1v) is 9.56. The summed E-state index contributed by atoms with van der Waals surface area (Å²) in [6.45, 7) is 12.8. The summed E-state index contributed by atoms with van der Waals surface area (Å²) >= 11 is 0. The van der Waals surface area contributed by atoms with Crippen molar-refractivity contribution in [1.29, 1.82) is 0 Å². The molecule has 2 N–H and O–H groups in total. The molecule has 1 unspecified atom stereocenters. The van der Waals surface area contributed by atoms with Gasteiger partial charge in [0.2, 0.25) is 0 Å². The highest BCUT2D eigenvalue weighted by Gasteiger charge is 2.22. The zero-order chi connectivity index (χ0) is 17.7. The minimum atomic E-state index is -0.531. The number of piperidine rings is 1. The van der Waals surface area contributed by atoms with Gasteiger partial charge in [-0.25, -0.2) is 0 Å². The Hall–Kier alpha value is -1.06. The number of nitrogens with zero attached hydrogens (tertiary/aromatic N) is 1. The molecule has 1 aliphatic rings. The maximum Gasteiger partial charge on any atom is 0.0591 e. The molecule has 1 fully saturated rings. The summed E-state index contributed by atoms with van der Waals surface area (Å²) in [5, 5.41) is 13.6. The molecule has 0 aliphatic carbocycles. The van der Waals surface area contributed by atoms with Crippen LogP contribution in [-0.4, -0.2) is 35.9 Å². The molecular weight excluding hydrogens is 296 g/mol. The van der Waals surface area contributed by atoms with E-state index in [1.165, 1.54) is 29.7 Å². The Morgan fingerprint density at radius 1 is 1.25 bits per heavy atom. The van der Waals surface area contributed by atoms with Gasteiger partial charge in [0.25, 0.3) is 0 Å². The van der Waals surface area contributed by atoms with Crippen LogP contribution >= 0.6 is 0 Å². The fraction of sp³-hybridized carbons (Fsp3) is 0.714. The molecule has 0 aromatic heterocycles. The van der Waals surface area contributed by atoms with E-state index in [1.807, 2.05) is 13.8 Å². The highest BCUT2D eigenvalue weighted by atomic mass is 16.3. The van der Waals surface area contributed by atoms with Crippen LogP contribution in [0.3, 0.4) is 0 Å². The molecule has 0 amide bonds. The Bertz CT molecular complexity index is 513. The molecule has 3 heteroatoms. The van der Waals surface area contributed by atoms with Crippen molar-refractivity contribution >= 4 is 5.69 Å². The Morgan fingerprint density at radius 2 is 1.92 bits per heavy atom. The van der Waals surface area contributed by atoms with E-state index in [1.54, 1.807) is 0 Å². The number of aryl methyl sites for hydroxylation is 1.